The summed E-state index contributed by atoms with van der Waals surface area (Å²) in [5.41, 5.74) is 3.13. The molecule has 0 fully saturated rings. The molecular formula is C15H14ClN3S. The lowest BCUT2D eigenvalue weighted by atomic mass is 10.2. The molecule has 1 N–H and O–H groups in total. The molecule has 5 heteroatoms. The smallest absolute Gasteiger partial charge is 0.188 e. The van der Waals surface area contributed by atoms with Gasteiger partial charge < -0.3 is 10.2 Å². The molecule has 3 aromatic rings. The Morgan fingerprint density at radius 1 is 1.10 bits per heavy atom. The van der Waals surface area contributed by atoms with Crippen molar-refractivity contribution in [1.29, 1.82) is 0 Å². The van der Waals surface area contributed by atoms with Crippen LogP contribution in [0.2, 0.25) is 5.02 Å². The fourth-order valence-electron chi connectivity index (χ4n) is 1.92. The minimum absolute atomic E-state index is 0.713. The van der Waals surface area contributed by atoms with Crippen LogP contribution in [0.5, 0.6) is 0 Å². The van der Waals surface area contributed by atoms with Crippen molar-refractivity contribution in [2.75, 3.05) is 24.3 Å². The lowest BCUT2D eigenvalue weighted by Crippen LogP contribution is -2.08. The van der Waals surface area contributed by atoms with Gasteiger partial charge in [-0.15, -0.1) is 0 Å². The highest BCUT2D eigenvalue weighted by Crippen LogP contribution is 2.30. The number of hydrogen-bond donors (Lipinski definition) is 1. The third-order valence-electron chi connectivity index (χ3n) is 2.98. The number of nitrogens with zero attached hydrogens (tertiary/aromatic N) is 2. The number of benzene rings is 2. The normalized spacial score (nSPS) is 10.8. The van der Waals surface area contributed by atoms with Gasteiger partial charge in [-0.05, 0) is 42.5 Å². The highest BCUT2D eigenvalue weighted by molar-refractivity contribution is 7.22. The first-order valence-corrected chi connectivity index (χ1v) is 7.42. The van der Waals surface area contributed by atoms with Crippen molar-refractivity contribution in [3.63, 3.8) is 0 Å². The molecule has 0 aliphatic carbocycles. The second kappa shape index (κ2) is 5.31. The largest absolute Gasteiger partial charge is 0.378 e. The summed E-state index contributed by atoms with van der Waals surface area (Å²) in [7, 11) is 4.06. The Hall–Kier alpha value is -1.78. The second-order valence-electron chi connectivity index (χ2n) is 4.70. The van der Waals surface area contributed by atoms with Crippen LogP contribution in [0.25, 0.3) is 10.2 Å². The maximum Gasteiger partial charge on any atom is 0.188 e. The second-order valence-corrected chi connectivity index (χ2v) is 6.16. The van der Waals surface area contributed by atoms with Crippen LogP contribution in [0.1, 0.15) is 0 Å². The zero-order chi connectivity index (χ0) is 14.1. The van der Waals surface area contributed by atoms with Gasteiger partial charge in [-0.1, -0.05) is 22.9 Å². The van der Waals surface area contributed by atoms with Crippen LogP contribution in [-0.4, -0.2) is 19.1 Å². The van der Waals surface area contributed by atoms with Crippen LogP contribution in [0.15, 0.2) is 42.5 Å². The van der Waals surface area contributed by atoms with Gasteiger partial charge in [-0.25, -0.2) is 4.98 Å². The van der Waals surface area contributed by atoms with Gasteiger partial charge in [0, 0.05) is 30.5 Å². The summed E-state index contributed by atoms with van der Waals surface area (Å²) in [5.74, 6) is 0. The van der Waals surface area contributed by atoms with E-state index in [2.05, 4.69) is 27.3 Å². The predicted octanol–water partition coefficient (Wildman–Crippen LogP) is 4.76. The Kier molecular flexibility index (Phi) is 3.51. The fraction of sp³-hybridized carbons (Fsp3) is 0.133. The third-order valence-corrected chi connectivity index (χ3v) is 4.17. The minimum Gasteiger partial charge on any atom is -0.378 e. The molecule has 0 spiro atoms. The summed E-state index contributed by atoms with van der Waals surface area (Å²) in [6.45, 7) is 0. The topological polar surface area (TPSA) is 28.2 Å². The minimum atomic E-state index is 0.713. The molecule has 3 rings (SSSR count). The predicted molar refractivity (Wildman–Crippen MR) is 88.7 cm³/mol. The van der Waals surface area contributed by atoms with Crippen molar-refractivity contribution >= 4 is 49.7 Å². The summed E-state index contributed by atoms with van der Waals surface area (Å²) in [6, 6.07) is 14.0. The van der Waals surface area contributed by atoms with Gasteiger partial charge in [0.2, 0.25) is 0 Å². The van der Waals surface area contributed by atoms with E-state index in [1.165, 1.54) is 5.69 Å². The van der Waals surface area contributed by atoms with Gasteiger partial charge in [0.25, 0.3) is 0 Å². The molecule has 3 nitrogen and oxygen atoms in total. The fourth-order valence-corrected chi connectivity index (χ4v) is 2.95. The maximum absolute atomic E-state index is 5.97. The molecule has 1 aromatic heterocycles. The molecule has 0 radical (unpaired) electrons. The number of halogens is 1. The average molecular weight is 304 g/mol. The lowest BCUT2D eigenvalue weighted by molar-refractivity contribution is 1.13. The highest BCUT2D eigenvalue weighted by Gasteiger charge is 2.05. The van der Waals surface area contributed by atoms with E-state index >= 15 is 0 Å². The average Bonchev–Trinajstić information content (AvgIpc) is 2.80. The van der Waals surface area contributed by atoms with E-state index < -0.39 is 0 Å². The number of rotatable bonds is 3. The van der Waals surface area contributed by atoms with E-state index in [1.807, 2.05) is 44.4 Å². The first-order valence-electron chi connectivity index (χ1n) is 6.22. The van der Waals surface area contributed by atoms with E-state index in [9.17, 15) is 0 Å². The molecule has 1 heterocycles. The van der Waals surface area contributed by atoms with Crippen molar-refractivity contribution in [2.24, 2.45) is 0 Å². The molecule has 20 heavy (non-hydrogen) atoms. The molecule has 0 saturated carbocycles. The number of aromatic nitrogens is 1. The SMILES string of the molecule is CN(C)c1ccc(Nc2nc3cc(Cl)ccc3s2)cc1. The van der Waals surface area contributed by atoms with E-state index in [4.69, 9.17) is 11.6 Å². The first-order chi connectivity index (χ1) is 9.61. The van der Waals surface area contributed by atoms with Crippen LogP contribution in [0.4, 0.5) is 16.5 Å². The van der Waals surface area contributed by atoms with Crippen molar-refractivity contribution in [2.45, 2.75) is 0 Å². The monoisotopic (exact) mass is 303 g/mol. The van der Waals surface area contributed by atoms with E-state index in [-0.39, 0.29) is 0 Å². The van der Waals surface area contributed by atoms with Crippen LogP contribution >= 0.6 is 22.9 Å². The number of fused-ring (bicyclic) bond motifs is 1. The first kappa shape index (κ1) is 13.2. The number of nitrogens with one attached hydrogen (secondary N) is 1. The Morgan fingerprint density at radius 3 is 2.55 bits per heavy atom. The van der Waals surface area contributed by atoms with Gasteiger partial charge >= 0.3 is 0 Å². The maximum atomic E-state index is 5.97. The van der Waals surface area contributed by atoms with E-state index in [1.54, 1.807) is 11.3 Å². The van der Waals surface area contributed by atoms with Crippen molar-refractivity contribution in [3.05, 3.63) is 47.5 Å². The molecule has 0 bridgehead atoms. The Morgan fingerprint density at radius 2 is 1.85 bits per heavy atom. The summed E-state index contributed by atoms with van der Waals surface area (Å²) in [5, 5.41) is 4.91. The molecule has 0 aliphatic heterocycles. The molecule has 0 unspecified atom stereocenters. The zero-order valence-electron chi connectivity index (χ0n) is 11.2. The number of hydrogen-bond acceptors (Lipinski definition) is 4. The summed E-state index contributed by atoms with van der Waals surface area (Å²) in [4.78, 5) is 6.61. The van der Waals surface area contributed by atoms with Crippen LogP contribution < -0.4 is 10.2 Å². The van der Waals surface area contributed by atoms with Crippen molar-refractivity contribution < 1.29 is 0 Å². The Balaban J connectivity index is 1.85. The lowest BCUT2D eigenvalue weighted by Gasteiger charge is -2.12. The van der Waals surface area contributed by atoms with Crippen molar-refractivity contribution in [1.82, 2.24) is 4.98 Å². The number of thiazole rings is 1. The molecular weight excluding hydrogens is 290 g/mol. The van der Waals surface area contributed by atoms with E-state index in [0.717, 1.165) is 21.0 Å². The van der Waals surface area contributed by atoms with Crippen molar-refractivity contribution in [3.8, 4) is 0 Å². The van der Waals surface area contributed by atoms with Crippen LogP contribution in [0.3, 0.4) is 0 Å². The van der Waals surface area contributed by atoms with Gasteiger partial charge in [-0.2, -0.15) is 0 Å². The Labute approximate surface area is 126 Å². The van der Waals surface area contributed by atoms with Crippen LogP contribution in [0, 0.1) is 0 Å². The number of anilines is 3. The third kappa shape index (κ3) is 2.71. The molecule has 102 valence electrons. The summed E-state index contributed by atoms with van der Waals surface area (Å²) in [6.07, 6.45) is 0. The molecule has 0 saturated heterocycles. The van der Waals surface area contributed by atoms with Crippen LogP contribution in [-0.2, 0) is 0 Å². The molecule has 0 atom stereocenters. The summed E-state index contributed by atoms with van der Waals surface area (Å²) >= 11 is 7.59. The molecule has 2 aromatic carbocycles. The standard InChI is InChI=1S/C15H14ClN3S/c1-19(2)12-6-4-11(5-7-12)17-15-18-13-9-10(16)3-8-14(13)20-15/h3-9H,1-2H3,(H,17,18). The highest BCUT2D eigenvalue weighted by atomic mass is 35.5. The van der Waals surface area contributed by atoms with Gasteiger partial charge in [-0.3, -0.25) is 0 Å². The quantitative estimate of drug-likeness (QED) is 0.756. The van der Waals surface area contributed by atoms with E-state index in [0.29, 0.717) is 5.02 Å². The molecule has 0 aliphatic rings. The zero-order valence-corrected chi connectivity index (χ0v) is 12.8. The van der Waals surface area contributed by atoms with Gasteiger partial charge in [0.1, 0.15) is 0 Å². The molecule has 0 amide bonds. The van der Waals surface area contributed by atoms with Gasteiger partial charge in [0.05, 0.1) is 10.2 Å². The summed E-state index contributed by atoms with van der Waals surface area (Å²) < 4.78 is 1.13. The van der Waals surface area contributed by atoms with Gasteiger partial charge in [0.15, 0.2) is 5.13 Å². The Bertz CT molecular complexity index is 734.